The molecule has 0 spiro atoms. The van der Waals surface area contributed by atoms with E-state index in [-0.39, 0.29) is 0 Å². The Morgan fingerprint density at radius 1 is 1.18 bits per heavy atom. The van der Waals surface area contributed by atoms with Crippen molar-refractivity contribution >= 4 is 0 Å². The van der Waals surface area contributed by atoms with Crippen LogP contribution >= 0.6 is 0 Å². The minimum atomic E-state index is 0.373. The quantitative estimate of drug-likeness (QED) is 0.768. The Labute approximate surface area is 107 Å². The largest absolute Gasteiger partial charge is 0.396 e. The average Bonchev–Trinajstić information content (AvgIpc) is 2.33. The van der Waals surface area contributed by atoms with Crippen LogP contribution in [0.25, 0.3) is 0 Å². The molecule has 1 heteroatoms. The number of aliphatic hydroxyl groups excluding tert-OH is 1. The fourth-order valence-electron chi connectivity index (χ4n) is 4.39. The van der Waals surface area contributed by atoms with E-state index in [9.17, 15) is 5.11 Å². The molecule has 0 aromatic rings. The van der Waals surface area contributed by atoms with Gasteiger partial charge in [-0.25, -0.2) is 0 Å². The third-order valence-electron chi connectivity index (χ3n) is 6.32. The van der Waals surface area contributed by atoms with Gasteiger partial charge in [-0.3, -0.25) is 0 Å². The summed E-state index contributed by atoms with van der Waals surface area (Å²) in [4.78, 5) is 0. The number of aliphatic hydroxyl groups is 1. The van der Waals surface area contributed by atoms with Gasteiger partial charge in [0, 0.05) is 6.61 Å². The van der Waals surface area contributed by atoms with Crippen LogP contribution in [0.5, 0.6) is 0 Å². The Morgan fingerprint density at radius 2 is 1.82 bits per heavy atom. The van der Waals surface area contributed by atoms with Crippen molar-refractivity contribution in [3.8, 4) is 0 Å². The Kier molecular flexibility index (Phi) is 3.87. The van der Waals surface area contributed by atoms with E-state index in [4.69, 9.17) is 0 Å². The summed E-state index contributed by atoms with van der Waals surface area (Å²) in [7, 11) is 0. The lowest BCUT2D eigenvalue weighted by molar-refractivity contribution is -0.0337. The van der Waals surface area contributed by atoms with Crippen LogP contribution in [-0.2, 0) is 0 Å². The summed E-state index contributed by atoms with van der Waals surface area (Å²) < 4.78 is 0. The molecular formula is C16H30O. The van der Waals surface area contributed by atoms with Crippen molar-refractivity contribution in [2.45, 2.75) is 59.8 Å². The molecule has 0 amide bonds. The van der Waals surface area contributed by atoms with Crippen molar-refractivity contribution in [2.24, 2.45) is 35.0 Å². The standard InChI is InChI=1S/C16H30O/c1-11(10-17)14-8-7-13-6-5-12(2)16(3,4)15(13)9-14/h11-15,17H,5-10H2,1-4H3/t11?,12-,13+,14?,15+/m0/s1. The van der Waals surface area contributed by atoms with Crippen molar-refractivity contribution in [1.82, 2.24) is 0 Å². The van der Waals surface area contributed by atoms with Gasteiger partial charge in [-0.15, -0.1) is 0 Å². The molecule has 0 saturated heterocycles. The summed E-state index contributed by atoms with van der Waals surface area (Å²) in [5.74, 6) is 4.02. The molecule has 2 rings (SSSR count). The lowest BCUT2D eigenvalue weighted by Crippen LogP contribution is -2.44. The topological polar surface area (TPSA) is 20.2 Å². The van der Waals surface area contributed by atoms with Gasteiger partial charge in [0.15, 0.2) is 0 Å². The van der Waals surface area contributed by atoms with Crippen molar-refractivity contribution in [3.63, 3.8) is 0 Å². The van der Waals surface area contributed by atoms with Gasteiger partial charge in [0.2, 0.25) is 0 Å². The third kappa shape index (κ3) is 2.41. The molecule has 100 valence electrons. The molecule has 0 aromatic heterocycles. The Hall–Kier alpha value is -0.0400. The predicted octanol–water partition coefficient (Wildman–Crippen LogP) is 4.10. The molecule has 0 bridgehead atoms. The smallest absolute Gasteiger partial charge is 0.0459 e. The second kappa shape index (κ2) is 4.91. The molecule has 0 radical (unpaired) electrons. The highest BCUT2D eigenvalue weighted by atomic mass is 16.3. The summed E-state index contributed by atoms with van der Waals surface area (Å²) in [5.41, 5.74) is 0.511. The zero-order valence-electron chi connectivity index (χ0n) is 12.1. The van der Waals surface area contributed by atoms with Gasteiger partial charge in [0.25, 0.3) is 0 Å². The highest BCUT2D eigenvalue weighted by Gasteiger charge is 2.46. The van der Waals surface area contributed by atoms with Gasteiger partial charge >= 0.3 is 0 Å². The van der Waals surface area contributed by atoms with Crippen molar-refractivity contribution in [1.29, 1.82) is 0 Å². The first-order valence-electron chi connectivity index (χ1n) is 7.57. The first kappa shape index (κ1) is 13.4. The van der Waals surface area contributed by atoms with Crippen LogP contribution in [0.15, 0.2) is 0 Å². The maximum atomic E-state index is 9.37. The molecule has 0 aromatic carbocycles. The second-order valence-corrected chi connectivity index (χ2v) is 7.40. The van der Waals surface area contributed by atoms with Crippen LogP contribution in [0.1, 0.15) is 59.8 Å². The fraction of sp³-hybridized carbons (Fsp3) is 1.00. The maximum Gasteiger partial charge on any atom is 0.0459 e. The molecule has 2 aliphatic rings. The minimum absolute atomic E-state index is 0.373. The predicted molar refractivity (Wildman–Crippen MR) is 72.7 cm³/mol. The molecule has 2 aliphatic carbocycles. The lowest BCUT2D eigenvalue weighted by Gasteiger charge is -2.53. The maximum absolute atomic E-state index is 9.37. The molecular weight excluding hydrogens is 208 g/mol. The number of rotatable bonds is 2. The zero-order chi connectivity index (χ0) is 12.6. The molecule has 1 N–H and O–H groups in total. The Balaban J connectivity index is 2.09. The molecule has 1 nitrogen and oxygen atoms in total. The van der Waals surface area contributed by atoms with Gasteiger partial charge in [0.1, 0.15) is 0 Å². The summed E-state index contributed by atoms with van der Waals surface area (Å²) in [6, 6.07) is 0. The molecule has 2 saturated carbocycles. The normalized spacial score (nSPS) is 42.9. The Bertz CT molecular complexity index is 258. The monoisotopic (exact) mass is 238 g/mol. The summed E-state index contributed by atoms with van der Waals surface area (Å²) in [5, 5.41) is 9.37. The molecule has 0 aliphatic heterocycles. The van der Waals surface area contributed by atoms with E-state index in [0.29, 0.717) is 17.9 Å². The van der Waals surface area contributed by atoms with E-state index < -0.39 is 0 Å². The van der Waals surface area contributed by atoms with E-state index in [1.165, 1.54) is 32.1 Å². The van der Waals surface area contributed by atoms with Gasteiger partial charge in [-0.2, -0.15) is 0 Å². The number of fused-ring (bicyclic) bond motifs is 1. The van der Waals surface area contributed by atoms with Gasteiger partial charge < -0.3 is 5.11 Å². The van der Waals surface area contributed by atoms with Crippen LogP contribution < -0.4 is 0 Å². The number of hydrogen-bond acceptors (Lipinski definition) is 1. The van der Waals surface area contributed by atoms with E-state index in [2.05, 4.69) is 27.7 Å². The summed E-state index contributed by atoms with van der Waals surface area (Å²) >= 11 is 0. The Morgan fingerprint density at radius 3 is 2.47 bits per heavy atom. The van der Waals surface area contributed by atoms with E-state index in [1.54, 1.807) is 0 Å². The first-order chi connectivity index (χ1) is 7.96. The second-order valence-electron chi connectivity index (χ2n) is 7.40. The van der Waals surface area contributed by atoms with Crippen molar-refractivity contribution in [3.05, 3.63) is 0 Å². The average molecular weight is 238 g/mol. The molecule has 5 atom stereocenters. The van der Waals surface area contributed by atoms with E-state index in [1.807, 2.05) is 0 Å². The summed E-state index contributed by atoms with van der Waals surface area (Å²) in [6.07, 6.45) is 7.01. The van der Waals surface area contributed by atoms with Crippen LogP contribution in [0.4, 0.5) is 0 Å². The molecule has 17 heavy (non-hydrogen) atoms. The van der Waals surface area contributed by atoms with E-state index >= 15 is 0 Å². The molecule has 2 unspecified atom stereocenters. The van der Waals surface area contributed by atoms with Crippen molar-refractivity contribution in [2.75, 3.05) is 6.61 Å². The van der Waals surface area contributed by atoms with Gasteiger partial charge in [-0.05, 0) is 67.1 Å². The van der Waals surface area contributed by atoms with E-state index in [0.717, 1.165) is 23.7 Å². The fourth-order valence-corrected chi connectivity index (χ4v) is 4.39. The highest BCUT2D eigenvalue weighted by molar-refractivity contribution is 4.95. The molecule has 0 heterocycles. The van der Waals surface area contributed by atoms with Gasteiger partial charge in [-0.1, -0.05) is 27.7 Å². The zero-order valence-corrected chi connectivity index (χ0v) is 12.1. The first-order valence-corrected chi connectivity index (χ1v) is 7.57. The summed E-state index contributed by atoms with van der Waals surface area (Å²) in [6.45, 7) is 10.0. The van der Waals surface area contributed by atoms with Gasteiger partial charge in [0.05, 0.1) is 0 Å². The van der Waals surface area contributed by atoms with Crippen LogP contribution in [0, 0.1) is 35.0 Å². The third-order valence-corrected chi connectivity index (χ3v) is 6.32. The van der Waals surface area contributed by atoms with Crippen molar-refractivity contribution < 1.29 is 5.11 Å². The van der Waals surface area contributed by atoms with Crippen LogP contribution in [0.3, 0.4) is 0 Å². The minimum Gasteiger partial charge on any atom is -0.396 e. The highest BCUT2D eigenvalue weighted by Crippen LogP contribution is 2.55. The number of hydrogen-bond donors (Lipinski definition) is 1. The SMILES string of the molecule is CC(CO)C1CC[C@H]2CC[C@H](C)C(C)(C)[C@@H]2C1. The van der Waals surface area contributed by atoms with Crippen LogP contribution in [-0.4, -0.2) is 11.7 Å². The van der Waals surface area contributed by atoms with Crippen LogP contribution in [0.2, 0.25) is 0 Å². The lowest BCUT2D eigenvalue weighted by atomic mass is 9.53. The molecule has 2 fully saturated rings.